The average molecular weight is 518 g/mol. The van der Waals surface area contributed by atoms with Crippen LogP contribution in [0.15, 0.2) is 104 Å². The van der Waals surface area contributed by atoms with Gasteiger partial charge < -0.3 is 9.64 Å². The SMILES string of the molecule is COc1ccc(N(c2ccc(C)cc2)c2ccc(-n3c(=O)c4cc5c(=O)n(C)c(=O)c5cc4c3=O)cc2)cc1. The Kier molecular flexibility index (Phi) is 5.54. The molecule has 0 radical (unpaired) electrons. The van der Waals surface area contributed by atoms with Crippen molar-refractivity contribution in [3.63, 3.8) is 0 Å². The molecule has 39 heavy (non-hydrogen) atoms. The van der Waals surface area contributed by atoms with Crippen molar-refractivity contribution < 1.29 is 4.74 Å². The maximum Gasteiger partial charge on any atom is 0.266 e. The summed E-state index contributed by atoms with van der Waals surface area (Å²) in [5.74, 6) is 0.740. The minimum absolute atomic E-state index is 0.110. The molecular formula is C31H23N3O5. The molecule has 6 rings (SSSR count). The first-order valence-corrected chi connectivity index (χ1v) is 12.3. The molecule has 8 nitrogen and oxygen atoms in total. The van der Waals surface area contributed by atoms with Crippen molar-refractivity contribution >= 4 is 38.6 Å². The largest absolute Gasteiger partial charge is 0.497 e. The molecule has 0 unspecified atom stereocenters. The summed E-state index contributed by atoms with van der Waals surface area (Å²) in [5.41, 5.74) is 2.13. The summed E-state index contributed by atoms with van der Waals surface area (Å²) < 4.78 is 7.37. The van der Waals surface area contributed by atoms with Gasteiger partial charge in [-0.15, -0.1) is 0 Å². The number of nitrogens with zero attached hydrogens (tertiary/aromatic N) is 3. The molecule has 0 amide bonds. The third-order valence-corrected chi connectivity index (χ3v) is 7.08. The Hall–Kier alpha value is -5.24. The third-order valence-electron chi connectivity index (χ3n) is 7.08. The predicted molar refractivity (Wildman–Crippen MR) is 153 cm³/mol. The lowest BCUT2D eigenvalue weighted by atomic mass is 10.1. The summed E-state index contributed by atoms with van der Waals surface area (Å²) >= 11 is 0. The summed E-state index contributed by atoms with van der Waals surface area (Å²) in [4.78, 5) is 53.5. The van der Waals surface area contributed by atoms with Crippen LogP contribution in [0.1, 0.15) is 5.56 Å². The van der Waals surface area contributed by atoms with Crippen LogP contribution in [-0.4, -0.2) is 16.2 Å². The van der Waals surface area contributed by atoms with Crippen LogP contribution in [0.4, 0.5) is 17.1 Å². The van der Waals surface area contributed by atoms with Gasteiger partial charge in [0.25, 0.3) is 22.2 Å². The summed E-state index contributed by atoms with van der Waals surface area (Å²) in [6.07, 6.45) is 0. The van der Waals surface area contributed by atoms with E-state index in [0.717, 1.165) is 37.5 Å². The molecule has 0 atom stereocenters. The van der Waals surface area contributed by atoms with Gasteiger partial charge in [-0.2, -0.15) is 0 Å². The fraction of sp³-hybridized carbons (Fsp3) is 0.0968. The van der Waals surface area contributed by atoms with E-state index >= 15 is 0 Å². The van der Waals surface area contributed by atoms with Gasteiger partial charge >= 0.3 is 0 Å². The first-order chi connectivity index (χ1) is 18.8. The lowest BCUT2D eigenvalue weighted by Crippen LogP contribution is -2.23. The Balaban J connectivity index is 1.47. The van der Waals surface area contributed by atoms with Gasteiger partial charge in [0.15, 0.2) is 0 Å². The topological polar surface area (TPSA) is 90.6 Å². The Morgan fingerprint density at radius 2 is 1.00 bits per heavy atom. The van der Waals surface area contributed by atoms with Crippen molar-refractivity contribution in [2.75, 3.05) is 12.0 Å². The lowest BCUT2D eigenvalue weighted by Gasteiger charge is -2.26. The Labute approximate surface area is 221 Å². The zero-order chi connectivity index (χ0) is 27.4. The lowest BCUT2D eigenvalue weighted by molar-refractivity contribution is 0.415. The smallest absolute Gasteiger partial charge is 0.266 e. The number of benzene rings is 4. The van der Waals surface area contributed by atoms with Gasteiger partial charge in [0.05, 0.1) is 34.3 Å². The first-order valence-electron chi connectivity index (χ1n) is 12.3. The van der Waals surface area contributed by atoms with Crippen molar-refractivity contribution in [3.8, 4) is 11.4 Å². The van der Waals surface area contributed by atoms with E-state index in [9.17, 15) is 19.2 Å². The van der Waals surface area contributed by atoms with Crippen LogP contribution < -0.4 is 31.9 Å². The van der Waals surface area contributed by atoms with Gasteiger partial charge in [-0.25, -0.2) is 4.57 Å². The van der Waals surface area contributed by atoms with Crippen LogP contribution in [0.2, 0.25) is 0 Å². The number of hydrogen-bond acceptors (Lipinski definition) is 6. The van der Waals surface area contributed by atoms with Crippen LogP contribution in [0.3, 0.4) is 0 Å². The molecule has 0 aliphatic heterocycles. The molecule has 0 aliphatic rings. The number of methoxy groups -OCH3 is 1. The van der Waals surface area contributed by atoms with E-state index in [1.54, 1.807) is 19.2 Å². The fourth-order valence-electron chi connectivity index (χ4n) is 4.95. The maximum atomic E-state index is 13.3. The monoisotopic (exact) mass is 517 g/mol. The predicted octanol–water partition coefficient (Wildman–Crippen LogP) is 4.23. The molecule has 192 valence electrons. The molecule has 0 saturated heterocycles. The van der Waals surface area contributed by atoms with Crippen molar-refractivity contribution in [2.24, 2.45) is 7.05 Å². The second kappa shape index (κ2) is 8.95. The van der Waals surface area contributed by atoms with Crippen LogP contribution in [0.5, 0.6) is 5.75 Å². The second-order valence-corrected chi connectivity index (χ2v) is 9.44. The molecule has 0 bridgehead atoms. The molecule has 0 N–H and O–H groups in total. The van der Waals surface area contributed by atoms with E-state index in [2.05, 4.69) is 4.90 Å². The van der Waals surface area contributed by atoms with Crippen LogP contribution in [0.25, 0.3) is 27.2 Å². The zero-order valence-electron chi connectivity index (χ0n) is 21.5. The number of aromatic nitrogens is 2. The van der Waals surface area contributed by atoms with Crippen LogP contribution in [-0.2, 0) is 7.05 Å². The van der Waals surface area contributed by atoms with Crippen LogP contribution in [0, 0.1) is 6.92 Å². The molecule has 8 heteroatoms. The molecule has 0 fully saturated rings. The Morgan fingerprint density at radius 3 is 1.46 bits per heavy atom. The summed E-state index contributed by atoms with van der Waals surface area (Å²) in [6, 6.07) is 25.6. The molecule has 2 heterocycles. The number of rotatable bonds is 5. The molecule has 0 saturated carbocycles. The number of hydrogen-bond donors (Lipinski definition) is 0. The molecule has 6 aromatic rings. The minimum Gasteiger partial charge on any atom is -0.497 e. The molecule has 2 aromatic heterocycles. The first kappa shape index (κ1) is 24.1. The van der Waals surface area contributed by atoms with Gasteiger partial charge in [-0.3, -0.25) is 23.7 Å². The Bertz CT molecular complexity index is 2000. The maximum absolute atomic E-state index is 13.3. The highest BCUT2D eigenvalue weighted by Crippen LogP contribution is 2.35. The van der Waals surface area contributed by atoms with E-state index < -0.39 is 22.2 Å². The van der Waals surface area contributed by atoms with Crippen molar-refractivity contribution in [1.82, 2.24) is 9.13 Å². The van der Waals surface area contributed by atoms with E-state index in [1.165, 1.54) is 19.2 Å². The molecular weight excluding hydrogens is 494 g/mol. The van der Waals surface area contributed by atoms with E-state index in [0.29, 0.717) is 5.69 Å². The molecule has 0 aliphatic carbocycles. The highest BCUT2D eigenvalue weighted by Gasteiger charge is 2.20. The zero-order valence-corrected chi connectivity index (χ0v) is 21.5. The van der Waals surface area contributed by atoms with Crippen molar-refractivity contribution in [2.45, 2.75) is 6.92 Å². The van der Waals surface area contributed by atoms with Gasteiger partial charge in [0, 0.05) is 24.1 Å². The van der Waals surface area contributed by atoms with Gasteiger partial charge in [0.2, 0.25) is 0 Å². The standard InChI is InChI=1S/C31H23N3O5/c1-18-4-6-19(7-5-18)33(21-12-14-23(39-3)15-13-21)20-8-10-22(11-9-20)34-30(37)26-16-24-25(17-27(26)31(34)38)29(36)32(2)28(24)35/h4-17H,1-3H3. The number of aryl methyl sites for hydroxylation is 1. The molecule has 0 spiro atoms. The number of anilines is 3. The number of ether oxygens (including phenoxy) is 1. The van der Waals surface area contributed by atoms with Gasteiger partial charge in [0.1, 0.15) is 5.75 Å². The summed E-state index contributed by atoms with van der Waals surface area (Å²) in [5, 5.41) is 0.484. The Morgan fingerprint density at radius 1 is 0.590 bits per heavy atom. The quantitative estimate of drug-likeness (QED) is 0.340. The minimum atomic E-state index is -0.536. The number of fused-ring (bicyclic) bond motifs is 2. The van der Waals surface area contributed by atoms with Gasteiger partial charge in [-0.1, -0.05) is 17.7 Å². The van der Waals surface area contributed by atoms with E-state index in [-0.39, 0.29) is 21.5 Å². The van der Waals surface area contributed by atoms with Crippen molar-refractivity contribution in [3.05, 3.63) is 132 Å². The second-order valence-electron chi connectivity index (χ2n) is 9.44. The third kappa shape index (κ3) is 3.76. The summed E-state index contributed by atoms with van der Waals surface area (Å²) in [6.45, 7) is 2.02. The highest BCUT2D eigenvalue weighted by molar-refractivity contribution is 5.98. The van der Waals surface area contributed by atoms with Crippen molar-refractivity contribution in [1.29, 1.82) is 0 Å². The van der Waals surface area contributed by atoms with E-state index in [4.69, 9.17) is 4.74 Å². The van der Waals surface area contributed by atoms with E-state index in [1.807, 2.05) is 67.6 Å². The van der Waals surface area contributed by atoms with Crippen LogP contribution >= 0.6 is 0 Å². The van der Waals surface area contributed by atoms with Gasteiger partial charge in [-0.05, 0) is 79.7 Å². The molecule has 4 aromatic carbocycles. The fourth-order valence-corrected chi connectivity index (χ4v) is 4.95. The summed E-state index contributed by atoms with van der Waals surface area (Å²) in [7, 11) is 2.99. The highest BCUT2D eigenvalue weighted by atomic mass is 16.5. The average Bonchev–Trinajstić information content (AvgIpc) is 3.33. The normalized spacial score (nSPS) is 11.4.